The van der Waals surface area contributed by atoms with Gasteiger partial charge in [-0.25, -0.2) is 0 Å². The van der Waals surface area contributed by atoms with Gasteiger partial charge < -0.3 is 10.6 Å². The molecular formula is C18H29ClN2O. The van der Waals surface area contributed by atoms with Crippen molar-refractivity contribution in [3.05, 3.63) is 34.9 Å². The Morgan fingerprint density at radius 3 is 2.86 bits per heavy atom. The Morgan fingerprint density at radius 2 is 2.18 bits per heavy atom. The lowest BCUT2D eigenvalue weighted by Gasteiger charge is -2.22. The minimum absolute atomic E-state index is 0. The second-order valence-electron chi connectivity index (χ2n) is 6.28. The van der Waals surface area contributed by atoms with Gasteiger partial charge in [0.05, 0.1) is 0 Å². The van der Waals surface area contributed by atoms with E-state index in [9.17, 15) is 4.79 Å². The molecule has 22 heavy (non-hydrogen) atoms. The summed E-state index contributed by atoms with van der Waals surface area (Å²) >= 11 is 0. The zero-order valence-electron chi connectivity index (χ0n) is 13.8. The Kier molecular flexibility index (Phi) is 8.51. The Bertz CT molecular complexity index is 470. The summed E-state index contributed by atoms with van der Waals surface area (Å²) in [5.41, 5.74) is 3.85. The van der Waals surface area contributed by atoms with Crippen molar-refractivity contribution in [2.45, 2.75) is 46.0 Å². The van der Waals surface area contributed by atoms with Crippen LogP contribution >= 0.6 is 12.4 Å². The van der Waals surface area contributed by atoms with Gasteiger partial charge in [-0.05, 0) is 69.7 Å². The molecule has 0 radical (unpaired) electrons. The first kappa shape index (κ1) is 19.0. The molecule has 4 heteroatoms. The Labute approximate surface area is 140 Å². The molecule has 1 fully saturated rings. The van der Waals surface area contributed by atoms with Crippen LogP contribution in [0.1, 0.15) is 42.4 Å². The summed E-state index contributed by atoms with van der Waals surface area (Å²) in [5, 5.41) is 6.48. The van der Waals surface area contributed by atoms with Crippen molar-refractivity contribution < 1.29 is 4.79 Å². The quantitative estimate of drug-likeness (QED) is 0.844. The van der Waals surface area contributed by atoms with Gasteiger partial charge in [0.15, 0.2) is 0 Å². The highest BCUT2D eigenvalue weighted by Crippen LogP contribution is 2.14. The van der Waals surface area contributed by atoms with E-state index < -0.39 is 0 Å². The summed E-state index contributed by atoms with van der Waals surface area (Å²) < 4.78 is 0. The fraction of sp³-hybridized carbons (Fsp3) is 0.611. The third-order valence-electron chi connectivity index (χ3n) is 4.39. The van der Waals surface area contributed by atoms with E-state index in [1.807, 2.05) is 0 Å². The zero-order valence-corrected chi connectivity index (χ0v) is 14.6. The molecule has 1 aromatic carbocycles. The van der Waals surface area contributed by atoms with Crippen LogP contribution in [0, 0.1) is 19.8 Å². The molecule has 1 saturated heterocycles. The molecule has 1 aliphatic rings. The first-order valence-electron chi connectivity index (χ1n) is 8.18. The van der Waals surface area contributed by atoms with E-state index in [1.165, 1.54) is 29.5 Å². The number of benzene rings is 1. The van der Waals surface area contributed by atoms with Gasteiger partial charge in [-0.3, -0.25) is 4.79 Å². The fourth-order valence-corrected chi connectivity index (χ4v) is 3.05. The number of halogens is 1. The van der Waals surface area contributed by atoms with Crippen LogP contribution in [-0.2, 0) is 11.2 Å². The molecule has 1 atom stereocenters. The number of nitrogens with one attached hydrogen (secondary N) is 2. The maximum atomic E-state index is 11.9. The van der Waals surface area contributed by atoms with Gasteiger partial charge >= 0.3 is 0 Å². The van der Waals surface area contributed by atoms with Gasteiger partial charge in [0.1, 0.15) is 0 Å². The fourth-order valence-electron chi connectivity index (χ4n) is 3.05. The maximum Gasteiger partial charge on any atom is 0.220 e. The van der Waals surface area contributed by atoms with E-state index in [4.69, 9.17) is 0 Å². The highest BCUT2D eigenvalue weighted by molar-refractivity contribution is 5.85. The number of aryl methyl sites for hydroxylation is 3. The van der Waals surface area contributed by atoms with Gasteiger partial charge in [0, 0.05) is 13.0 Å². The normalized spacial score (nSPS) is 17.6. The number of piperidine rings is 1. The predicted octanol–water partition coefficient (Wildman–Crippen LogP) is 3.16. The lowest BCUT2D eigenvalue weighted by Crippen LogP contribution is -2.33. The first-order chi connectivity index (χ1) is 10.1. The van der Waals surface area contributed by atoms with Gasteiger partial charge in [0.25, 0.3) is 0 Å². The molecule has 1 aliphatic heterocycles. The van der Waals surface area contributed by atoms with E-state index >= 15 is 0 Å². The van der Waals surface area contributed by atoms with Crippen molar-refractivity contribution in [2.24, 2.45) is 5.92 Å². The van der Waals surface area contributed by atoms with E-state index in [1.54, 1.807) is 0 Å². The minimum Gasteiger partial charge on any atom is -0.356 e. The number of carbonyl (C=O) groups excluding carboxylic acids is 1. The van der Waals surface area contributed by atoms with E-state index in [-0.39, 0.29) is 18.3 Å². The number of rotatable bonds is 6. The van der Waals surface area contributed by atoms with Crippen molar-refractivity contribution in [3.63, 3.8) is 0 Å². The molecule has 0 aromatic heterocycles. The maximum absolute atomic E-state index is 11.9. The summed E-state index contributed by atoms with van der Waals surface area (Å²) in [6.45, 7) is 7.30. The van der Waals surface area contributed by atoms with Crippen LogP contribution in [0.2, 0.25) is 0 Å². The molecule has 1 unspecified atom stereocenters. The SMILES string of the molecule is Cc1ccc(CCC(=O)NCCC2CCCNC2)c(C)c1.Cl. The first-order valence-corrected chi connectivity index (χ1v) is 8.18. The molecule has 0 saturated carbocycles. The molecule has 0 spiro atoms. The number of hydrogen-bond donors (Lipinski definition) is 2. The molecule has 0 bridgehead atoms. The number of carbonyl (C=O) groups is 1. The predicted molar refractivity (Wildman–Crippen MR) is 94.7 cm³/mol. The highest BCUT2D eigenvalue weighted by Gasteiger charge is 2.12. The summed E-state index contributed by atoms with van der Waals surface area (Å²) in [4.78, 5) is 11.9. The molecule has 1 heterocycles. The third kappa shape index (κ3) is 6.37. The number of amides is 1. The van der Waals surface area contributed by atoms with Crippen molar-refractivity contribution in [2.75, 3.05) is 19.6 Å². The molecule has 2 N–H and O–H groups in total. The summed E-state index contributed by atoms with van der Waals surface area (Å²) in [7, 11) is 0. The van der Waals surface area contributed by atoms with Crippen LogP contribution in [0.5, 0.6) is 0 Å². The lowest BCUT2D eigenvalue weighted by molar-refractivity contribution is -0.121. The summed E-state index contributed by atoms with van der Waals surface area (Å²) in [6, 6.07) is 6.45. The van der Waals surface area contributed by atoms with E-state index in [0.29, 0.717) is 6.42 Å². The van der Waals surface area contributed by atoms with Gasteiger partial charge in [-0.15, -0.1) is 12.4 Å². The second kappa shape index (κ2) is 9.86. The monoisotopic (exact) mass is 324 g/mol. The van der Waals surface area contributed by atoms with Crippen molar-refractivity contribution in [1.82, 2.24) is 10.6 Å². The average molecular weight is 325 g/mol. The number of hydrogen-bond acceptors (Lipinski definition) is 2. The average Bonchev–Trinajstić information content (AvgIpc) is 2.47. The van der Waals surface area contributed by atoms with Gasteiger partial charge in [-0.2, -0.15) is 0 Å². The summed E-state index contributed by atoms with van der Waals surface area (Å²) in [6.07, 6.45) is 5.09. The standard InChI is InChI=1S/C18H28N2O.ClH/c1-14-5-6-17(15(2)12-14)7-8-18(21)20-11-9-16-4-3-10-19-13-16;/h5-6,12,16,19H,3-4,7-11,13H2,1-2H3,(H,20,21);1H. The summed E-state index contributed by atoms with van der Waals surface area (Å²) in [5.74, 6) is 0.914. The molecule has 1 amide bonds. The molecular weight excluding hydrogens is 296 g/mol. The van der Waals surface area contributed by atoms with E-state index in [2.05, 4.69) is 42.7 Å². The Hall–Kier alpha value is -1.06. The van der Waals surface area contributed by atoms with Crippen LogP contribution in [0.15, 0.2) is 18.2 Å². The molecule has 1 aromatic rings. The molecule has 0 aliphatic carbocycles. The van der Waals surface area contributed by atoms with Crippen LogP contribution in [0.3, 0.4) is 0 Å². The van der Waals surface area contributed by atoms with E-state index in [0.717, 1.165) is 38.4 Å². The second-order valence-corrected chi connectivity index (χ2v) is 6.28. The van der Waals surface area contributed by atoms with Gasteiger partial charge in [-0.1, -0.05) is 23.8 Å². The molecule has 2 rings (SSSR count). The zero-order chi connectivity index (χ0) is 15.1. The largest absolute Gasteiger partial charge is 0.356 e. The highest BCUT2D eigenvalue weighted by atomic mass is 35.5. The van der Waals surface area contributed by atoms with Crippen LogP contribution in [-0.4, -0.2) is 25.5 Å². The van der Waals surface area contributed by atoms with Crippen molar-refractivity contribution in [3.8, 4) is 0 Å². The molecule has 3 nitrogen and oxygen atoms in total. The van der Waals surface area contributed by atoms with Crippen LogP contribution in [0.25, 0.3) is 0 Å². The minimum atomic E-state index is 0. The van der Waals surface area contributed by atoms with Crippen molar-refractivity contribution >= 4 is 18.3 Å². The van der Waals surface area contributed by atoms with Crippen molar-refractivity contribution in [1.29, 1.82) is 0 Å². The Balaban J connectivity index is 0.00000242. The third-order valence-corrected chi connectivity index (χ3v) is 4.39. The topological polar surface area (TPSA) is 41.1 Å². The molecule has 124 valence electrons. The Morgan fingerprint density at radius 1 is 1.36 bits per heavy atom. The van der Waals surface area contributed by atoms with Gasteiger partial charge in [0.2, 0.25) is 5.91 Å². The van der Waals surface area contributed by atoms with Crippen LogP contribution < -0.4 is 10.6 Å². The lowest BCUT2D eigenvalue weighted by atomic mass is 9.96. The smallest absolute Gasteiger partial charge is 0.220 e. The van der Waals surface area contributed by atoms with Crippen LogP contribution in [0.4, 0.5) is 0 Å².